The molecule has 0 saturated carbocycles. The van der Waals surface area contributed by atoms with E-state index in [1.54, 1.807) is 19.2 Å². The summed E-state index contributed by atoms with van der Waals surface area (Å²) in [5.74, 6) is 2.34. The second-order valence-corrected chi connectivity index (χ2v) is 5.61. The van der Waals surface area contributed by atoms with Gasteiger partial charge in [-0.05, 0) is 30.3 Å². The summed E-state index contributed by atoms with van der Waals surface area (Å²) in [5, 5.41) is 3.48. The molecule has 1 aliphatic heterocycles. The van der Waals surface area contributed by atoms with E-state index in [-0.39, 0.29) is 36.0 Å². The minimum Gasteiger partial charge on any atom is -0.495 e. The van der Waals surface area contributed by atoms with Gasteiger partial charge in [0.15, 0.2) is 23.6 Å². The highest BCUT2D eigenvalue weighted by Crippen LogP contribution is 2.31. The minimum atomic E-state index is -0.181. The number of methoxy groups -OCH3 is 1. The van der Waals surface area contributed by atoms with Crippen molar-refractivity contribution in [1.29, 1.82) is 0 Å². The lowest BCUT2D eigenvalue weighted by atomic mass is 10.2. The molecule has 0 radical (unpaired) electrons. The number of ether oxygens (including phenoxy) is 3. The van der Waals surface area contributed by atoms with E-state index < -0.39 is 0 Å². The molecule has 25 heavy (non-hydrogen) atoms. The van der Waals surface area contributed by atoms with Gasteiger partial charge in [-0.3, -0.25) is 0 Å². The molecule has 2 aromatic rings. The molecule has 0 amide bonds. The first kappa shape index (κ1) is 19.5. The smallest absolute Gasteiger partial charge is 0.193 e. The van der Waals surface area contributed by atoms with Gasteiger partial charge < -0.3 is 25.3 Å². The maximum Gasteiger partial charge on any atom is 0.193 e. The molecule has 3 rings (SSSR count). The van der Waals surface area contributed by atoms with Crippen LogP contribution in [0.15, 0.2) is 47.5 Å². The molecular weight excluding hydrogens is 457 g/mol. The lowest BCUT2D eigenvalue weighted by Crippen LogP contribution is -2.33. The average Bonchev–Trinajstić information content (AvgIpc) is 2.60. The van der Waals surface area contributed by atoms with Gasteiger partial charge >= 0.3 is 0 Å². The van der Waals surface area contributed by atoms with Gasteiger partial charge in [0.25, 0.3) is 0 Å². The standard InChI is InChI=1S/C17H18ClN3O3.HI/c1-22-14-7-6-11(8-13(14)18)21-17(19)20-9-12-10-23-15-4-2-3-5-16(15)24-12;/h2-8,12H,9-10H2,1H3,(H3,19,20,21);1H. The highest BCUT2D eigenvalue weighted by molar-refractivity contribution is 14.0. The quantitative estimate of drug-likeness (QED) is 0.402. The van der Waals surface area contributed by atoms with Gasteiger partial charge in [-0.1, -0.05) is 23.7 Å². The lowest BCUT2D eigenvalue weighted by molar-refractivity contribution is 0.0972. The monoisotopic (exact) mass is 475 g/mol. The Hall–Kier alpha value is -1.87. The third-order valence-electron chi connectivity index (χ3n) is 3.46. The summed E-state index contributed by atoms with van der Waals surface area (Å²) in [4.78, 5) is 4.29. The van der Waals surface area contributed by atoms with E-state index in [1.165, 1.54) is 0 Å². The van der Waals surface area contributed by atoms with Gasteiger partial charge in [0.2, 0.25) is 0 Å². The van der Waals surface area contributed by atoms with Crippen LogP contribution in [0.3, 0.4) is 0 Å². The molecule has 0 saturated heterocycles. The van der Waals surface area contributed by atoms with E-state index in [0.29, 0.717) is 23.9 Å². The van der Waals surface area contributed by atoms with E-state index in [4.69, 9.17) is 31.5 Å². The zero-order chi connectivity index (χ0) is 16.9. The van der Waals surface area contributed by atoms with Crippen LogP contribution in [0.25, 0.3) is 0 Å². The predicted octanol–water partition coefficient (Wildman–Crippen LogP) is 3.53. The number of hydrogen-bond donors (Lipinski definition) is 2. The van der Waals surface area contributed by atoms with Gasteiger partial charge in [-0.2, -0.15) is 0 Å². The largest absolute Gasteiger partial charge is 0.495 e. The van der Waals surface area contributed by atoms with E-state index >= 15 is 0 Å². The predicted molar refractivity (Wildman–Crippen MR) is 110 cm³/mol. The number of halogens is 2. The number of para-hydroxylation sites is 2. The number of rotatable bonds is 4. The fourth-order valence-corrected chi connectivity index (χ4v) is 2.54. The number of anilines is 1. The Morgan fingerprint density at radius 3 is 2.80 bits per heavy atom. The second kappa shape index (κ2) is 9.00. The maximum absolute atomic E-state index is 6.08. The van der Waals surface area contributed by atoms with Crippen LogP contribution in [-0.2, 0) is 0 Å². The first-order valence-corrected chi connectivity index (χ1v) is 7.82. The van der Waals surface area contributed by atoms with Crippen molar-refractivity contribution in [1.82, 2.24) is 0 Å². The number of nitrogens with one attached hydrogen (secondary N) is 1. The average molecular weight is 476 g/mol. The van der Waals surface area contributed by atoms with Gasteiger partial charge in [-0.15, -0.1) is 24.0 Å². The molecule has 8 heteroatoms. The Kier molecular flexibility index (Phi) is 7.01. The summed E-state index contributed by atoms with van der Waals surface area (Å²) in [7, 11) is 1.56. The van der Waals surface area contributed by atoms with Gasteiger partial charge in [0.1, 0.15) is 12.4 Å². The fraction of sp³-hybridized carbons (Fsp3) is 0.235. The molecule has 0 aromatic heterocycles. The van der Waals surface area contributed by atoms with Crippen LogP contribution in [0.5, 0.6) is 17.2 Å². The van der Waals surface area contributed by atoms with Crippen LogP contribution in [0.1, 0.15) is 0 Å². The number of hydrogen-bond acceptors (Lipinski definition) is 4. The fourth-order valence-electron chi connectivity index (χ4n) is 2.28. The van der Waals surface area contributed by atoms with Crippen molar-refractivity contribution in [2.24, 2.45) is 10.7 Å². The molecular formula is C17H19ClIN3O3. The Morgan fingerprint density at radius 1 is 1.32 bits per heavy atom. The molecule has 134 valence electrons. The van der Waals surface area contributed by atoms with Crippen LogP contribution >= 0.6 is 35.6 Å². The summed E-state index contributed by atoms with van der Waals surface area (Å²) in [5.41, 5.74) is 6.64. The Balaban J connectivity index is 0.00000225. The highest BCUT2D eigenvalue weighted by atomic mass is 127. The molecule has 2 aromatic carbocycles. The van der Waals surface area contributed by atoms with Gasteiger partial charge in [0.05, 0.1) is 18.7 Å². The zero-order valence-corrected chi connectivity index (χ0v) is 16.7. The van der Waals surface area contributed by atoms with E-state index in [1.807, 2.05) is 30.3 Å². The van der Waals surface area contributed by atoms with E-state index in [2.05, 4.69) is 10.3 Å². The summed E-state index contributed by atoms with van der Waals surface area (Å²) in [6.45, 7) is 0.819. The lowest BCUT2D eigenvalue weighted by Gasteiger charge is -2.25. The summed E-state index contributed by atoms with van der Waals surface area (Å²) >= 11 is 6.08. The van der Waals surface area contributed by atoms with Gasteiger partial charge in [0, 0.05) is 5.69 Å². The van der Waals surface area contributed by atoms with Crippen LogP contribution < -0.4 is 25.3 Å². The number of nitrogens with two attached hydrogens (primary N) is 1. The summed E-state index contributed by atoms with van der Waals surface area (Å²) in [6, 6.07) is 12.8. The number of guanidine groups is 1. The van der Waals surface area contributed by atoms with E-state index in [0.717, 1.165) is 17.2 Å². The SMILES string of the molecule is COc1ccc(NC(N)=NCC2COc3ccccc3O2)cc1Cl.I. The normalized spacial score (nSPS) is 15.9. The third-order valence-corrected chi connectivity index (χ3v) is 3.75. The van der Waals surface area contributed by atoms with Crippen LogP contribution in [0, 0.1) is 0 Å². The Bertz CT molecular complexity index is 758. The van der Waals surface area contributed by atoms with Crippen molar-refractivity contribution < 1.29 is 14.2 Å². The molecule has 1 aliphatic rings. The van der Waals surface area contributed by atoms with Crippen molar-refractivity contribution in [2.75, 3.05) is 25.6 Å². The first-order valence-electron chi connectivity index (χ1n) is 7.44. The Morgan fingerprint density at radius 2 is 2.08 bits per heavy atom. The molecule has 6 nitrogen and oxygen atoms in total. The molecule has 0 spiro atoms. The molecule has 1 unspecified atom stereocenters. The first-order chi connectivity index (χ1) is 11.7. The van der Waals surface area contributed by atoms with Crippen LogP contribution in [0.2, 0.25) is 5.02 Å². The highest BCUT2D eigenvalue weighted by Gasteiger charge is 2.20. The molecule has 3 N–H and O–H groups in total. The van der Waals surface area contributed by atoms with E-state index in [9.17, 15) is 0 Å². The van der Waals surface area contributed by atoms with Crippen molar-refractivity contribution in [3.63, 3.8) is 0 Å². The van der Waals surface area contributed by atoms with Crippen LogP contribution in [0.4, 0.5) is 5.69 Å². The van der Waals surface area contributed by atoms with Gasteiger partial charge in [-0.25, -0.2) is 4.99 Å². The van der Waals surface area contributed by atoms with Crippen molar-refractivity contribution in [2.45, 2.75) is 6.10 Å². The summed E-state index contributed by atoms with van der Waals surface area (Å²) in [6.07, 6.45) is -0.181. The number of fused-ring (bicyclic) bond motifs is 1. The maximum atomic E-state index is 6.08. The minimum absolute atomic E-state index is 0. The second-order valence-electron chi connectivity index (χ2n) is 5.20. The molecule has 1 heterocycles. The molecule has 1 atom stereocenters. The Labute approximate surface area is 168 Å². The van der Waals surface area contributed by atoms with Crippen LogP contribution in [-0.4, -0.2) is 32.3 Å². The molecule has 0 bridgehead atoms. The van der Waals surface area contributed by atoms with Crippen molar-refractivity contribution in [3.8, 4) is 17.2 Å². The number of nitrogens with zero attached hydrogens (tertiary/aromatic N) is 1. The van der Waals surface area contributed by atoms with Crippen molar-refractivity contribution in [3.05, 3.63) is 47.5 Å². The molecule has 0 fully saturated rings. The molecule has 0 aliphatic carbocycles. The third kappa shape index (κ3) is 5.05. The topological polar surface area (TPSA) is 78.1 Å². The van der Waals surface area contributed by atoms with Crippen molar-refractivity contribution >= 4 is 47.2 Å². The number of aliphatic imine (C=N–C) groups is 1. The zero-order valence-electron chi connectivity index (χ0n) is 13.6. The number of benzene rings is 2. The summed E-state index contributed by atoms with van der Waals surface area (Å²) < 4.78 is 16.6.